The molecule has 0 saturated carbocycles. The fourth-order valence-electron chi connectivity index (χ4n) is 3.95. The topological polar surface area (TPSA) is 40.5 Å². The maximum Gasteiger partial charge on any atom is 0.174 e. The highest BCUT2D eigenvalue weighted by Gasteiger charge is 2.51. The minimum atomic E-state index is -1.78. The second-order valence-corrected chi connectivity index (χ2v) is 11.0. The Morgan fingerprint density at radius 2 is 1.14 bits per heavy atom. The van der Waals surface area contributed by atoms with Gasteiger partial charge in [0.25, 0.3) is 0 Å². The van der Waals surface area contributed by atoms with Gasteiger partial charge in [0.1, 0.15) is 0 Å². The van der Waals surface area contributed by atoms with Crippen LogP contribution in [0.2, 0.25) is 0 Å². The van der Waals surface area contributed by atoms with Crippen LogP contribution in [-0.2, 0) is 0 Å². The molecule has 4 heteroatoms. The van der Waals surface area contributed by atoms with Crippen molar-refractivity contribution in [3.8, 4) is 0 Å². The molecule has 1 aliphatic carbocycles. The molecule has 142 valence electrons. The van der Waals surface area contributed by atoms with Crippen LogP contribution < -0.4 is 10.6 Å². The Bertz CT molecular complexity index is 883. The van der Waals surface area contributed by atoms with Crippen LogP contribution in [-0.4, -0.2) is 20.9 Å². The molecule has 3 aromatic carbocycles. The van der Waals surface area contributed by atoms with Crippen molar-refractivity contribution in [2.24, 2.45) is 0 Å². The Balaban J connectivity index is 1.85. The van der Waals surface area contributed by atoms with Crippen molar-refractivity contribution < 1.29 is 10.2 Å². The summed E-state index contributed by atoms with van der Waals surface area (Å²) in [4.78, 5) is -0.383. The summed E-state index contributed by atoms with van der Waals surface area (Å²) in [5.74, 6) is -2.18. The highest BCUT2D eigenvalue weighted by atomic mass is 31.1. The van der Waals surface area contributed by atoms with Gasteiger partial charge in [-0.05, 0) is 16.2 Å². The van der Waals surface area contributed by atoms with Crippen LogP contribution in [0.4, 0.5) is 0 Å². The molecule has 0 spiro atoms. The number of rotatable bonds is 5. The van der Waals surface area contributed by atoms with Crippen molar-refractivity contribution in [1.82, 2.24) is 0 Å². The lowest BCUT2D eigenvalue weighted by molar-refractivity contribution is -0.178. The summed E-state index contributed by atoms with van der Waals surface area (Å²) in [5.41, 5.74) is 0.976. The molecule has 0 aliphatic heterocycles. The molecular weight excluding hydrogens is 382 g/mol. The Labute approximate surface area is 169 Å². The van der Waals surface area contributed by atoms with Crippen molar-refractivity contribution in [1.29, 1.82) is 0 Å². The average Bonchev–Trinajstić information content (AvgIpc) is 2.69. The third kappa shape index (κ3) is 4.12. The molecule has 2 nitrogen and oxygen atoms in total. The predicted octanol–water partition coefficient (Wildman–Crippen LogP) is 4.12. The zero-order valence-electron chi connectivity index (χ0n) is 15.5. The van der Waals surface area contributed by atoms with Crippen molar-refractivity contribution in [3.63, 3.8) is 0 Å². The molecule has 0 amide bonds. The quantitative estimate of drug-likeness (QED) is 0.380. The van der Waals surface area contributed by atoms with E-state index in [0.717, 1.165) is 5.56 Å². The molecule has 0 bridgehead atoms. The Hall–Kier alpha value is -1.82. The van der Waals surface area contributed by atoms with Gasteiger partial charge < -0.3 is 10.2 Å². The van der Waals surface area contributed by atoms with Crippen LogP contribution in [0.3, 0.4) is 0 Å². The number of hydrogen-bond acceptors (Lipinski definition) is 2. The predicted molar refractivity (Wildman–Crippen MR) is 122 cm³/mol. The molecule has 2 unspecified atom stereocenters. The van der Waals surface area contributed by atoms with Crippen LogP contribution in [0, 0.1) is 0 Å². The largest absolute Gasteiger partial charge is 0.365 e. The first kappa shape index (κ1) is 19.5. The lowest BCUT2D eigenvalue weighted by Gasteiger charge is -2.47. The van der Waals surface area contributed by atoms with Gasteiger partial charge in [0, 0.05) is 11.3 Å². The lowest BCUT2D eigenvalue weighted by Crippen LogP contribution is -2.48. The van der Waals surface area contributed by atoms with Gasteiger partial charge in [0.15, 0.2) is 5.79 Å². The second kappa shape index (κ2) is 8.27. The molecule has 0 fully saturated rings. The molecule has 28 heavy (non-hydrogen) atoms. The first-order valence-corrected chi connectivity index (χ1v) is 11.4. The molecule has 3 atom stereocenters. The van der Waals surface area contributed by atoms with Crippen molar-refractivity contribution >= 4 is 27.8 Å². The van der Waals surface area contributed by atoms with Gasteiger partial charge in [0.05, 0.1) is 5.92 Å². The summed E-state index contributed by atoms with van der Waals surface area (Å²) in [7, 11) is 0.855. The zero-order valence-corrected chi connectivity index (χ0v) is 17.5. The fraction of sp³-hybridized carbons (Fsp3) is 0.167. The van der Waals surface area contributed by atoms with Crippen LogP contribution in [0.5, 0.6) is 0 Å². The van der Waals surface area contributed by atoms with Gasteiger partial charge in [-0.3, -0.25) is 0 Å². The van der Waals surface area contributed by atoms with E-state index in [4.69, 9.17) is 0 Å². The molecule has 0 radical (unpaired) electrons. The van der Waals surface area contributed by atoms with Crippen molar-refractivity contribution in [3.05, 3.63) is 109 Å². The average molecular weight is 406 g/mol. The number of allylic oxidation sites excluding steroid dienone is 1. The monoisotopic (exact) mass is 406 g/mol. The first-order chi connectivity index (χ1) is 13.6. The maximum absolute atomic E-state index is 11.1. The lowest BCUT2D eigenvalue weighted by atomic mass is 9.81. The van der Waals surface area contributed by atoms with E-state index in [-0.39, 0.29) is 11.3 Å². The van der Waals surface area contributed by atoms with Gasteiger partial charge in [-0.25, -0.2) is 0 Å². The number of aliphatic hydroxyl groups is 2. The SMILES string of the molecule is OC1(O)CC=CC(Pc2ccccc2)(Pc2ccccc2)[C@H]1c1ccccc1. The molecule has 2 N–H and O–H groups in total. The summed E-state index contributed by atoms with van der Waals surface area (Å²) < 4.78 is 0. The molecule has 0 heterocycles. The fourth-order valence-corrected chi connectivity index (χ4v) is 8.23. The summed E-state index contributed by atoms with van der Waals surface area (Å²) in [6.07, 6.45) is 4.43. The Morgan fingerprint density at radius 3 is 1.64 bits per heavy atom. The summed E-state index contributed by atoms with van der Waals surface area (Å²) in [5, 5.41) is 24.6. The molecular formula is C24H24O2P2. The second-order valence-electron chi connectivity index (χ2n) is 7.18. The normalized spacial score (nSPS) is 24.3. The molecule has 0 saturated heterocycles. The third-order valence-corrected chi connectivity index (χ3v) is 8.83. The molecule has 4 rings (SSSR count). The minimum absolute atomic E-state index is 0.243. The van der Waals surface area contributed by atoms with Crippen LogP contribution in [0.1, 0.15) is 17.9 Å². The van der Waals surface area contributed by atoms with Crippen molar-refractivity contribution in [2.45, 2.75) is 23.0 Å². The first-order valence-electron chi connectivity index (χ1n) is 9.43. The molecule has 1 aliphatic rings. The Morgan fingerprint density at radius 1 is 0.679 bits per heavy atom. The molecule has 3 aromatic rings. The van der Waals surface area contributed by atoms with Gasteiger partial charge in [0.2, 0.25) is 0 Å². The third-order valence-electron chi connectivity index (χ3n) is 5.10. The summed E-state index contributed by atoms with van der Waals surface area (Å²) >= 11 is 0. The van der Waals surface area contributed by atoms with E-state index < -0.39 is 11.7 Å². The number of hydrogen-bond donors (Lipinski definition) is 2. The minimum Gasteiger partial charge on any atom is -0.365 e. The van der Waals surface area contributed by atoms with Crippen LogP contribution in [0.25, 0.3) is 0 Å². The van der Waals surface area contributed by atoms with E-state index >= 15 is 0 Å². The highest BCUT2D eigenvalue weighted by Crippen LogP contribution is 2.60. The van der Waals surface area contributed by atoms with E-state index in [1.54, 1.807) is 0 Å². The van der Waals surface area contributed by atoms with E-state index in [9.17, 15) is 10.2 Å². The maximum atomic E-state index is 11.1. The summed E-state index contributed by atoms with van der Waals surface area (Å²) in [6.45, 7) is 0. The van der Waals surface area contributed by atoms with Gasteiger partial charge in [-0.1, -0.05) is 120 Å². The van der Waals surface area contributed by atoms with E-state index in [0.29, 0.717) is 17.2 Å². The van der Waals surface area contributed by atoms with Gasteiger partial charge in [-0.2, -0.15) is 0 Å². The van der Waals surface area contributed by atoms with Gasteiger partial charge >= 0.3 is 0 Å². The van der Waals surface area contributed by atoms with E-state index in [1.165, 1.54) is 10.6 Å². The van der Waals surface area contributed by atoms with E-state index in [2.05, 4.69) is 54.6 Å². The smallest absolute Gasteiger partial charge is 0.174 e. The Kier molecular flexibility index (Phi) is 5.76. The molecule has 0 aromatic heterocycles. The summed E-state index contributed by atoms with van der Waals surface area (Å²) in [6, 6.07) is 30.8. The highest BCUT2D eigenvalue weighted by molar-refractivity contribution is 7.67. The van der Waals surface area contributed by atoms with Crippen molar-refractivity contribution in [2.75, 3.05) is 0 Å². The van der Waals surface area contributed by atoms with Crippen LogP contribution in [0.15, 0.2) is 103 Å². The standard InChI is InChI=1S/C24H24O2P2/c25-23(26)17-10-18-24(27-20-13-6-2-7-14-20,28-21-15-8-3-9-16-21)22(23)19-11-4-1-5-12-19/h1-16,18,22,25-28H,17H2/t22-/m0/s1. The van der Waals surface area contributed by atoms with E-state index in [1.807, 2.05) is 48.5 Å². The zero-order chi connectivity index (χ0) is 19.5. The number of benzene rings is 3. The van der Waals surface area contributed by atoms with Gasteiger partial charge in [-0.15, -0.1) is 0 Å². The van der Waals surface area contributed by atoms with Crippen LogP contribution >= 0.6 is 17.2 Å².